The Morgan fingerprint density at radius 3 is 2.67 bits per heavy atom. The van der Waals surface area contributed by atoms with Gasteiger partial charge in [0.25, 0.3) is 0 Å². The Morgan fingerprint density at radius 2 is 2.13 bits per heavy atom. The lowest BCUT2D eigenvalue weighted by Gasteiger charge is -2.00. The molecular formula is C11H17NO2S. The van der Waals surface area contributed by atoms with Gasteiger partial charge in [0.1, 0.15) is 4.88 Å². The van der Waals surface area contributed by atoms with Crippen LogP contribution in [0.15, 0.2) is 0 Å². The van der Waals surface area contributed by atoms with Crippen molar-refractivity contribution in [2.75, 3.05) is 6.61 Å². The number of nitrogens with zero attached hydrogens (tertiary/aromatic N) is 1. The second-order valence-electron chi connectivity index (χ2n) is 3.21. The first-order chi connectivity index (χ1) is 7.22. The Kier molecular flexibility index (Phi) is 4.75. The van der Waals surface area contributed by atoms with Crippen LogP contribution in [0.1, 0.15) is 47.6 Å². The van der Waals surface area contributed by atoms with Crippen molar-refractivity contribution in [3.63, 3.8) is 0 Å². The molecular weight excluding hydrogens is 210 g/mol. The predicted octanol–water partition coefficient (Wildman–Crippen LogP) is 2.83. The van der Waals surface area contributed by atoms with E-state index in [2.05, 4.69) is 11.9 Å². The van der Waals surface area contributed by atoms with Crippen molar-refractivity contribution >= 4 is 17.3 Å². The van der Waals surface area contributed by atoms with E-state index in [1.54, 1.807) is 0 Å². The minimum atomic E-state index is -0.224. The summed E-state index contributed by atoms with van der Waals surface area (Å²) >= 11 is 1.46. The van der Waals surface area contributed by atoms with Crippen LogP contribution in [-0.2, 0) is 17.6 Å². The number of thiazole rings is 1. The van der Waals surface area contributed by atoms with E-state index in [0.29, 0.717) is 11.5 Å². The van der Waals surface area contributed by atoms with Crippen LogP contribution >= 0.6 is 11.3 Å². The minimum Gasteiger partial charge on any atom is -0.462 e. The van der Waals surface area contributed by atoms with Crippen LogP contribution in [0.25, 0.3) is 0 Å². The van der Waals surface area contributed by atoms with E-state index in [1.807, 2.05) is 13.8 Å². The smallest absolute Gasteiger partial charge is 0.350 e. The van der Waals surface area contributed by atoms with E-state index >= 15 is 0 Å². The minimum absolute atomic E-state index is 0.224. The van der Waals surface area contributed by atoms with E-state index in [4.69, 9.17) is 4.74 Å². The molecule has 0 amide bonds. The summed E-state index contributed by atoms with van der Waals surface area (Å²) in [5.74, 6) is -0.224. The highest BCUT2D eigenvalue weighted by Crippen LogP contribution is 2.21. The molecule has 0 N–H and O–H groups in total. The van der Waals surface area contributed by atoms with Crippen LogP contribution < -0.4 is 0 Å². The molecule has 15 heavy (non-hydrogen) atoms. The summed E-state index contributed by atoms with van der Waals surface area (Å²) in [5.41, 5.74) is 0.901. The third kappa shape index (κ3) is 3.02. The molecule has 3 nitrogen and oxygen atoms in total. The number of hydrogen-bond donors (Lipinski definition) is 0. The quantitative estimate of drug-likeness (QED) is 0.726. The Labute approximate surface area is 94.5 Å². The predicted molar refractivity (Wildman–Crippen MR) is 61.4 cm³/mol. The van der Waals surface area contributed by atoms with E-state index in [-0.39, 0.29) is 5.97 Å². The van der Waals surface area contributed by atoms with Crippen molar-refractivity contribution in [3.05, 3.63) is 15.6 Å². The van der Waals surface area contributed by atoms with Crippen molar-refractivity contribution in [1.29, 1.82) is 0 Å². The van der Waals surface area contributed by atoms with Crippen molar-refractivity contribution in [3.8, 4) is 0 Å². The standard InChI is InChI=1S/C11H17NO2S/c1-4-7-8-10(11(13)14-6-3)15-9(5-2)12-8/h4-7H2,1-3H3. The fraction of sp³-hybridized carbons (Fsp3) is 0.636. The summed E-state index contributed by atoms with van der Waals surface area (Å²) < 4.78 is 5.00. The third-order valence-electron chi connectivity index (χ3n) is 1.99. The van der Waals surface area contributed by atoms with Crippen molar-refractivity contribution in [2.24, 2.45) is 0 Å². The Morgan fingerprint density at radius 1 is 1.40 bits per heavy atom. The summed E-state index contributed by atoms with van der Waals surface area (Å²) in [6.45, 7) is 6.37. The highest BCUT2D eigenvalue weighted by atomic mass is 32.1. The lowest BCUT2D eigenvalue weighted by atomic mass is 10.2. The van der Waals surface area contributed by atoms with Gasteiger partial charge in [-0.15, -0.1) is 11.3 Å². The number of esters is 1. The molecule has 0 spiro atoms. The number of rotatable bonds is 5. The van der Waals surface area contributed by atoms with Crippen molar-refractivity contribution in [2.45, 2.75) is 40.0 Å². The SMILES string of the molecule is CCCc1nc(CC)sc1C(=O)OCC. The maximum absolute atomic E-state index is 11.6. The van der Waals surface area contributed by atoms with Gasteiger partial charge in [0.15, 0.2) is 0 Å². The first-order valence-electron chi connectivity index (χ1n) is 5.38. The van der Waals surface area contributed by atoms with Gasteiger partial charge in [0.05, 0.1) is 17.3 Å². The van der Waals surface area contributed by atoms with Crippen LogP contribution in [0.5, 0.6) is 0 Å². The van der Waals surface area contributed by atoms with Crippen LogP contribution in [0.3, 0.4) is 0 Å². The molecule has 0 bridgehead atoms. The van der Waals surface area contributed by atoms with Gasteiger partial charge in [-0.1, -0.05) is 20.3 Å². The number of carbonyl (C=O) groups is 1. The van der Waals surface area contributed by atoms with Crippen LogP contribution in [0.2, 0.25) is 0 Å². The zero-order valence-corrected chi connectivity index (χ0v) is 10.3. The van der Waals surface area contributed by atoms with Gasteiger partial charge >= 0.3 is 5.97 Å². The molecule has 0 aliphatic heterocycles. The zero-order chi connectivity index (χ0) is 11.3. The molecule has 1 heterocycles. The number of carbonyl (C=O) groups excluding carboxylic acids is 1. The first-order valence-corrected chi connectivity index (χ1v) is 6.20. The molecule has 0 saturated heterocycles. The summed E-state index contributed by atoms with van der Waals surface area (Å²) in [5, 5.41) is 1.02. The third-order valence-corrected chi connectivity index (χ3v) is 3.21. The molecule has 0 saturated carbocycles. The van der Waals surface area contributed by atoms with Crippen LogP contribution in [-0.4, -0.2) is 17.6 Å². The highest BCUT2D eigenvalue weighted by molar-refractivity contribution is 7.13. The average Bonchev–Trinajstić information content (AvgIpc) is 2.62. The summed E-state index contributed by atoms with van der Waals surface area (Å²) in [6, 6.07) is 0. The maximum atomic E-state index is 11.6. The molecule has 0 fully saturated rings. The second-order valence-corrected chi connectivity index (χ2v) is 4.29. The molecule has 84 valence electrons. The molecule has 0 aliphatic carbocycles. The van der Waals surface area contributed by atoms with Gasteiger partial charge in [-0.3, -0.25) is 0 Å². The maximum Gasteiger partial charge on any atom is 0.350 e. The van der Waals surface area contributed by atoms with Crippen molar-refractivity contribution in [1.82, 2.24) is 4.98 Å². The molecule has 1 aromatic heterocycles. The Bertz CT molecular complexity index is 333. The highest BCUT2D eigenvalue weighted by Gasteiger charge is 2.17. The summed E-state index contributed by atoms with van der Waals surface area (Å²) in [4.78, 5) is 16.7. The summed E-state index contributed by atoms with van der Waals surface area (Å²) in [6.07, 6.45) is 2.73. The van der Waals surface area contributed by atoms with Gasteiger partial charge in [0, 0.05) is 0 Å². The van der Waals surface area contributed by atoms with E-state index in [1.165, 1.54) is 11.3 Å². The van der Waals surface area contributed by atoms with Crippen LogP contribution in [0.4, 0.5) is 0 Å². The lowest BCUT2D eigenvalue weighted by molar-refractivity contribution is 0.0530. The number of aromatic nitrogens is 1. The largest absolute Gasteiger partial charge is 0.462 e. The Hall–Kier alpha value is -0.900. The number of aryl methyl sites for hydroxylation is 2. The second kappa shape index (κ2) is 5.85. The molecule has 0 atom stereocenters. The molecule has 1 rings (SSSR count). The normalized spacial score (nSPS) is 10.3. The molecule has 1 aromatic rings. The number of hydrogen-bond acceptors (Lipinski definition) is 4. The summed E-state index contributed by atoms with van der Waals surface area (Å²) in [7, 11) is 0. The zero-order valence-electron chi connectivity index (χ0n) is 9.50. The Balaban J connectivity index is 2.92. The fourth-order valence-electron chi connectivity index (χ4n) is 1.31. The average molecular weight is 227 g/mol. The monoisotopic (exact) mass is 227 g/mol. The molecule has 0 aliphatic rings. The van der Waals surface area contributed by atoms with Crippen molar-refractivity contribution < 1.29 is 9.53 Å². The lowest BCUT2D eigenvalue weighted by Crippen LogP contribution is -2.05. The van der Waals surface area contributed by atoms with Gasteiger partial charge in [-0.05, 0) is 19.8 Å². The molecule has 0 unspecified atom stereocenters. The van der Waals surface area contributed by atoms with Gasteiger partial charge in [-0.25, -0.2) is 9.78 Å². The van der Waals surface area contributed by atoms with Crippen LogP contribution in [0, 0.1) is 0 Å². The molecule has 4 heteroatoms. The van der Waals surface area contributed by atoms with E-state index < -0.39 is 0 Å². The van der Waals surface area contributed by atoms with E-state index in [0.717, 1.165) is 30.0 Å². The first kappa shape index (κ1) is 12.2. The topological polar surface area (TPSA) is 39.2 Å². The van der Waals surface area contributed by atoms with E-state index in [9.17, 15) is 4.79 Å². The van der Waals surface area contributed by atoms with Gasteiger partial charge < -0.3 is 4.74 Å². The number of ether oxygens (including phenoxy) is 1. The molecule has 0 radical (unpaired) electrons. The van der Waals surface area contributed by atoms with Gasteiger partial charge in [-0.2, -0.15) is 0 Å². The van der Waals surface area contributed by atoms with Gasteiger partial charge in [0.2, 0.25) is 0 Å². The fourth-order valence-corrected chi connectivity index (χ4v) is 2.26. The molecule has 0 aromatic carbocycles.